The zero-order valence-electron chi connectivity index (χ0n) is 14.5. The lowest BCUT2D eigenvalue weighted by atomic mass is 10.1. The summed E-state index contributed by atoms with van der Waals surface area (Å²) in [5.41, 5.74) is 0. The topological polar surface area (TPSA) is 29.1 Å². The molecule has 1 N–H and O–H groups in total. The molecule has 0 rings (SSSR count). The van der Waals surface area contributed by atoms with Crippen LogP contribution in [0.3, 0.4) is 0 Å². The summed E-state index contributed by atoms with van der Waals surface area (Å²) in [4.78, 5) is 11.1. The van der Waals surface area contributed by atoms with Crippen molar-refractivity contribution in [2.75, 3.05) is 27.2 Å². The van der Waals surface area contributed by atoms with E-state index in [1.165, 1.54) is 44.6 Å². The van der Waals surface area contributed by atoms with Gasteiger partial charge in [0.15, 0.2) is 0 Å². The fourth-order valence-electron chi connectivity index (χ4n) is 2.38. The number of quaternary nitrogens is 1. The first-order valence-electron chi connectivity index (χ1n) is 8.17. The molecular weight excluding hydrogens is 284 g/mol. The Morgan fingerprint density at radius 1 is 1.19 bits per heavy atom. The van der Waals surface area contributed by atoms with Crippen molar-refractivity contribution in [2.45, 2.75) is 64.8 Å². The Labute approximate surface area is 138 Å². The number of nitrogens with zero attached hydrogens (tertiary/aromatic N) is 1. The van der Waals surface area contributed by atoms with Crippen LogP contribution in [0.5, 0.6) is 0 Å². The molecule has 0 spiro atoms. The maximum atomic E-state index is 11.1. The summed E-state index contributed by atoms with van der Waals surface area (Å²) in [6, 6.07) is 0.687. The quantitative estimate of drug-likeness (QED) is 0.317. The predicted octanol–water partition coefficient (Wildman–Crippen LogP) is 0.508. The van der Waals surface area contributed by atoms with Crippen LogP contribution in [0.1, 0.15) is 58.8 Å². The summed E-state index contributed by atoms with van der Waals surface area (Å²) in [6.45, 7) is 9.91. The third-order valence-electron chi connectivity index (χ3n) is 4.31. The molecule has 0 bridgehead atoms. The molecule has 0 aliphatic rings. The van der Waals surface area contributed by atoms with Crippen LogP contribution in [0.4, 0.5) is 0 Å². The molecule has 0 radical (unpaired) electrons. The van der Waals surface area contributed by atoms with Crippen LogP contribution in [0.15, 0.2) is 12.7 Å². The number of carbonyl (C=O) groups is 1. The van der Waals surface area contributed by atoms with Crippen molar-refractivity contribution in [1.29, 1.82) is 0 Å². The van der Waals surface area contributed by atoms with Gasteiger partial charge in [-0.05, 0) is 25.8 Å². The van der Waals surface area contributed by atoms with Crippen molar-refractivity contribution in [1.82, 2.24) is 5.32 Å². The molecule has 126 valence electrons. The third-order valence-corrected chi connectivity index (χ3v) is 4.31. The number of amides is 1. The maximum absolute atomic E-state index is 11.1. The van der Waals surface area contributed by atoms with Gasteiger partial charge in [0.25, 0.3) is 0 Å². The molecule has 1 amide bonds. The Hall–Kier alpha value is -0.540. The van der Waals surface area contributed by atoms with Gasteiger partial charge in [-0.15, -0.1) is 0 Å². The van der Waals surface area contributed by atoms with E-state index >= 15 is 0 Å². The lowest BCUT2D eigenvalue weighted by molar-refractivity contribution is -0.913. The molecule has 0 aliphatic heterocycles. The summed E-state index contributed by atoms with van der Waals surface area (Å²) in [7, 11) is 4.60. The van der Waals surface area contributed by atoms with E-state index in [4.69, 9.17) is 0 Å². The molecule has 0 heterocycles. The van der Waals surface area contributed by atoms with E-state index in [9.17, 15) is 4.79 Å². The largest absolute Gasteiger partial charge is 1.00 e. The Balaban J connectivity index is 0. The van der Waals surface area contributed by atoms with Gasteiger partial charge in [-0.25, -0.2) is 0 Å². The van der Waals surface area contributed by atoms with E-state index < -0.39 is 0 Å². The fourth-order valence-corrected chi connectivity index (χ4v) is 2.38. The lowest BCUT2D eigenvalue weighted by Gasteiger charge is -2.36. The fraction of sp³-hybridized carbons (Fsp3) is 0.824. The van der Waals surface area contributed by atoms with Gasteiger partial charge in [-0.3, -0.25) is 4.79 Å². The first-order chi connectivity index (χ1) is 9.44. The minimum Gasteiger partial charge on any atom is -1.00 e. The van der Waals surface area contributed by atoms with E-state index in [-0.39, 0.29) is 18.3 Å². The van der Waals surface area contributed by atoms with Crippen molar-refractivity contribution < 1.29 is 21.7 Å². The summed E-state index contributed by atoms with van der Waals surface area (Å²) in [5.74, 6) is -0.0701. The third kappa shape index (κ3) is 11.8. The highest BCUT2D eigenvalue weighted by molar-refractivity contribution is 5.86. The highest BCUT2D eigenvalue weighted by Crippen LogP contribution is 2.15. The Morgan fingerprint density at radius 3 is 2.38 bits per heavy atom. The van der Waals surface area contributed by atoms with E-state index in [0.717, 1.165) is 24.0 Å². The van der Waals surface area contributed by atoms with Crippen molar-refractivity contribution in [3.8, 4) is 0 Å². The van der Waals surface area contributed by atoms with Crippen molar-refractivity contribution in [3.05, 3.63) is 12.7 Å². The van der Waals surface area contributed by atoms with Crippen LogP contribution in [0.2, 0.25) is 0 Å². The second-order valence-corrected chi connectivity index (χ2v) is 6.40. The normalized spacial score (nSPS) is 12.4. The molecule has 0 aromatic heterocycles. The Morgan fingerprint density at radius 2 is 1.81 bits per heavy atom. The number of halogens is 1. The van der Waals surface area contributed by atoms with Crippen LogP contribution >= 0.6 is 0 Å². The molecule has 0 aromatic rings. The molecule has 0 fully saturated rings. The zero-order valence-corrected chi connectivity index (χ0v) is 15.2. The number of hydrogen-bond donors (Lipinski definition) is 1. The van der Waals surface area contributed by atoms with E-state index in [2.05, 4.69) is 39.8 Å². The maximum Gasteiger partial charge on any atom is 0.243 e. The molecule has 0 aromatic carbocycles. The molecule has 0 saturated heterocycles. The van der Waals surface area contributed by atoms with Gasteiger partial charge in [0.1, 0.15) is 0 Å². The van der Waals surface area contributed by atoms with Gasteiger partial charge in [0.05, 0.1) is 26.7 Å². The van der Waals surface area contributed by atoms with E-state index in [1.54, 1.807) is 0 Å². The smallest absolute Gasteiger partial charge is 0.243 e. The minimum atomic E-state index is -0.0701. The summed E-state index contributed by atoms with van der Waals surface area (Å²) >= 11 is 0. The van der Waals surface area contributed by atoms with Gasteiger partial charge in [-0.1, -0.05) is 39.2 Å². The van der Waals surface area contributed by atoms with Crippen LogP contribution in [0, 0.1) is 0 Å². The Kier molecular flexibility index (Phi) is 14.2. The molecule has 4 heteroatoms. The summed E-state index contributed by atoms with van der Waals surface area (Å²) in [5, 5.41) is 2.84. The van der Waals surface area contributed by atoms with E-state index in [1.807, 2.05) is 0 Å². The monoisotopic (exact) mass is 318 g/mol. The van der Waals surface area contributed by atoms with Gasteiger partial charge < -0.3 is 22.2 Å². The van der Waals surface area contributed by atoms with Gasteiger partial charge in [-0.2, -0.15) is 0 Å². The second-order valence-electron chi connectivity index (χ2n) is 6.40. The first-order valence-corrected chi connectivity index (χ1v) is 8.17. The van der Waals surface area contributed by atoms with Crippen LogP contribution in [-0.4, -0.2) is 43.6 Å². The minimum absolute atomic E-state index is 0. The average Bonchev–Trinajstić information content (AvgIpc) is 2.42. The molecule has 0 saturated carbocycles. The van der Waals surface area contributed by atoms with Crippen molar-refractivity contribution >= 4 is 5.91 Å². The number of hydrogen-bond acceptors (Lipinski definition) is 1. The van der Waals surface area contributed by atoms with Gasteiger partial charge in [0.2, 0.25) is 5.91 Å². The van der Waals surface area contributed by atoms with Gasteiger partial charge >= 0.3 is 0 Å². The zero-order chi connectivity index (χ0) is 15.4. The molecule has 21 heavy (non-hydrogen) atoms. The SMILES string of the molecule is C=CC(=O)NCCC[N+](C)(C)C(C)CCCCCCC.[Cl-]. The number of unbranched alkanes of at least 4 members (excludes halogenated alkanes) is 4. The van der Waals surface area contributed by atoms with Crippen molar-refractivity contribution in [3.63, 3.8) is 0 Å². The van der Waals surface area contributed by atoms with Crippen LogP contribution in [0.25, 0.3) is 0 Å². The Bertz CT molecular complexity index is 280. The predicted molar refractivity (Wildman–Crippen MR) is 87.6 cm³/mol. The standard InChI is InChI=1S/C17H34N2O.ClH/c1-6-8-9-10-11-13-16(3)19(4,5)15-12-14-18-17(20)7-2;/h7,16H,2,6,8-15H2,1,3-5H3;1H. The van der Waals surface area contributed by atoms with Crippen LogP contribution in [-0.2, 0) is 4.79 Å². The highest BCUT2D eigenvalue weighted by atomic mass is 35.5. The highest BCUT2D eigenvalue weighted by Gasteiger charge is 2.22. The average molecular weight is 319 g/mol. The lowest BCUT2D eigenvalue weighted by Crippen LogP contribution is -3.00. The van der Waals surface area contributed by atoms with Gasteiger partial charge in [0, 0.05) is 13.0 Å². The summed E-state index contributed by atoms with van der Waals surface area (Å²) in [6.07, 6.45) is 10.4. The summed E-state index contributed by atoms with van der Waals surface area (Å²) < 4.78 is 1.04. The number of nitrogens with one attached hydrogen (secondary N) is 1. The molecule has 1 atom stereocenters. The number of carbonyl (C=O) groups excluding carboxylic acids is 1. The van der Waals surface area contributed by atoms with Crippen molar-refractivity contribution in [2.24, 2.45) is 0 Å². The first kappa shape index (κ1) is 22.7. The van der Waals surface area contributed by atoms with E-state index in [0.29, 0.717) is 6.04 Å². The molecule has 0 aliphatic carbocycles. The van der Waals surface area contributed by atoms with Crippen LogP contribution < -0.4 is 17.7 Å². The number of rotatable bonds is 12. The molecule has 1 unspecified atom stereocenters. The molecule has 3 nitrogen and oxygen atoms in total. The molecular formula is C17H35ClN2O. The second kappa shape index (κ2) is 13.1.